The van der Waals surface area contributed by atoms with E-state index in [-0.39, 0.29) is 29.3 Å². The summed E-state index contributed by atoms with van der Waals surface area (Å²) in [5, 5.41) is 14.3. The van der Waals surface area contributed by atoms with E-state index >= 15 is 0 Å². The normalized spacial score (nSPS) is 11.2. The summed E-state index contributed by atoms with van der Waals surface area (Å²) in [6.45, 7) is 0. The molecule has 5 aromatic rings. The third-order valence-electron chi connectivity index (χ3n) is 4.69. The van der Waals surface area contributed by atoms with Crippen LogP contribution in [0, 0.1) is 5.82 Å². The van der Waals surface area contributed by atoms with Gasteiger partial charge in [0.05, 0.1) is 24.1 Å². The first-order chi connectivity index (χ1) is 16.1. The minimum atomic E-state index is -0.327. The number of halogens is 1. The number of aromatic nitrogens is 6. The number of thioether (sulfide) groups is 1. The molecule has 2 aromatic carbocycles. The molecule has 0 aliphatic carbocycles. The van der Waals surface area contributed by atoms with Crippen molar-refractivity contribution in [2.75, 3.05) is 5.75 Å². The van der Waals surface area contributed by atoms with Gasteiger partial charge in [-0.3, -0.25) is 9.59 Å². The van der Waals surface area contributed by atoms with Gasteiger partial charge in [0.15, 0.2) is 10.8 Å². The Labute approximate surface area is 194 Å². The number of benzene rings is 2. The molecule has 0 radical (unpaired) electrons. The Kier molecular flexibility index (Phi) is 5.80. The lowest BCUT2D eigenvalue weighted by Gasteiger charge is -2.04. The van der Waals surface area contributed by atoms with E-state index in [9.17, 15) is 14.0 Å². The molecular formula is C22H15FN6O2S2. The summed E-state index contributed by atoms with van der Waals surface area (Å²) in [5.41, 5.74) is 1.64. The minimum absolute atomic E-state index is 0.0823. The predicted molar refractivity (Wildman–Crippen MR) is 124 cm³/mol. The van der Waals surface area contributed by atoms with Crippen LogP contribution in [0.4, 0.5) is 4.39 Å². The Bertz CT molecular complexity index is 1500. The highest BCUT2D eigenvalue weighted by atomic mass is 32.2. The fraction of sp³-hybridized carbons (Fsp3) is 0.0909. The van der Waals surface area contributed by atoms with E-state index in [1.807, 2.05) is 30.3 Å². The lowest BCUT2D eigenvalue weighted by Crippen LogP contribution is -2.11. The number of nitrogens with one attached hydrogen (secondary N) is 1. The first-order valence-electron chi connectivity index (χ1n) is 9.83. The van der Waals surface area contributed by atoms with Crippen LogP contribution in [0.2, 0.25) is 0 Å². The molecule has 5 rings (SSSR count). The maximum Gasteiger partial charge on any atom is 0.262 e. The molecule has 0 aliphatic heterocycles. The van der Waals surface area contributed by atoms with Crippen LogP contribution in [-0.4, -0.2) is 41.5 Å². The second kappa shape index (κ2) is 9.04. The highest BCUT2D eigenvalue weighted by Gasteiger charge is 2.15. The highest BCUT2D eigenvalue weighted by molar-refractivity contribution is 7.99. The lowest BCUT2D eigenvalue weighted by atomic mass is 10.2. The van der Waals surface area contributed by atoms with E-state index < -0.39 is 0 Å². The number of hydrogen-bond donors (Lipinski definition) is 1. The van der Waals surface area contributed by atoms with Crippen LogP contribution < -0.4 is 5.56 Å². The van der Waals surface area contributed by atoms with Crippen LogP contribution >= 0.6 is 23.1 Å². The van der Waals surface area contributed by atoms with Gasteiger partial charge in [-0.2, -0.15) is 5.10 Å². The van der Waals surface area contributed by atoms with Crippen molar-refractivity contribution in [3.05, 3.63) is 82.0 Å². The Balaban J connectivity index is 1.28. The molecule has 0 saturated carbocycles. The van der Waals surface area contributed by atoms with E-state index in [1.54, 1.807) is 16.8 Å². The fourth-order valence-electron chi connectivity index (χ4n) is 3.13. The highest BCUT2D eigenvalue weighted by Crippen LogP contribution is 2.24. The van der Waals surface area contributed by atoms with E-state index in [2.05, 4.69) is 25.3 Å². The molecule has 3 aromatic heterocycles. The number of aromatic amines is 1. The third kappa shape index (κ3) is 4.59. The summed E-state index contributed by atoms with van der Waals surface area (Å²) >= 11 is 2.43. The van der Waals surface area contributed by atoms with E-state index in [0.29, 0.717) is 26.2 Å². The molecule has 0 saturated heterocycles. The van der Waals surface area contributed by atoms with Crippen molar-refractivity contribution in [1.82, 2.24) is 29.9 Å². The van der Waals surface area contributed by atoms with Gasteiger partial charge in [-0.25, -0.2) is 14.1 Å². The van der Waals surface area contributed by atoms with Gasteiger partial charge in [-0.15, -0.1) is 10.2 Å². The third-order valence-corrected chi connectivity index (χ3v) is 6.60. The molecule has 0 aliphatic rings. The maximum atomic E-state index is 13.1. The number of rotatable bonds is 7. The standard InChI is InChI=1S/C22H15FN6O2S2/c23-14-8-6-13(7-9-14)21-28-27-18(33-21)10-16(30)12-32-22-25-19-17(20(31)26-22)11-24-29(19)15-4-2-1-3-5-15/h1-9,11H,10,12H2,(H,25,26,31). The van der Waals surface area contributed by atoms with E-state index in [4.69, 9.17) is 0 Å². The summed E-state index contributed by atoms with van der Waals surface area (Å²) in [6.07, 6.45) is 1.59. The first kappa shape index (κ1) is 21.2. The average Bonchev–Trinajstić information content (AvgIpc) is 3.46. The number of Topliss-reactive ketones (excluding diaryl/α,β-unsaturated/α-hetero) is 1. The largest absolute Gasteiger partial charge is 0.301 e. The molecule has 1 N–H and O–H groups in total. The molecule has 8 nitrogen and oxygen atoms in total. The van der Waals surface area contributed by atoms with Crippen LogP contribution in [0.25, 0.3) is 27.3 Å². The molecular weight excluding hydrogens is 463 g/mol. The second-order valence-electron chi connectivity index (χ2n) is 7.01. The summed E-state index contributed by atoms with van der Waals surface area (Å²) in [7, 11) is 0. The predicted octanol–water partition coefficient (Wildman–Crippen LogP) is 3.67. The van der Waals surface area contributed by atoms with Gasteiger partial charge in [0.2, 0.25) is 0 Å². The Morgan fingerprint density at radius 3 is 2.67 bits per heavy atom. The topological polar surface area (TPSA) is 106 Å². The number of nitrogens with zero attached hydrogens (tertiary/aromatic N) is 5. The van der Waals surface area contributed by atoms with Gasteiger partial charge in [0.25, 0.3) is 5.56 Å². The van der Waals surface area contributed by atoms with Gasteiger partial charge in [-0.05, 0) is 36.4 Å². The molecule has 33 heavy (non-hydrogen) atoms. The molecule has 0 amide bonds. The van der Waals surface area contributed by atoms with Crippen molar-refractivity contribution in [3.63, 3.8) is 0 Å². The molecule has 0 atom stereocenters. The van der Waals surface area contributed by atoms with Crippen LogP contribution in [0.15, 0.2) is 70.7 Å². The molecule has 0 unspecified atom stereocenters. The summed E-state index contributed by atoms with van der Waals surface area (Å²) in [5.74, 6) is -0.298. The SMILES string of the molecule is O=C(CSc1nc2c(cnn2-c2ccccc2)c(=O)[nH]1)Cc1nnc(-c2ccc(F)cc2)s1. The molecule has 0 spiro atoms. The van der Waals surface area contributed by atoms with Crippen molar-refractivity contribution in [2.24, 2.45) is 0 Å². The van der Waals surface area contributed by atoms with Gasteiger partial charge < -0.3 is 4.98 Å². The monoisotopic (exact) mass is 478 g/mol. The number of ketones is 1. The zero-order valence-electron chi connectivity index (χ0n) is 16.9. The number of carbonyl (C=O) groups is 1. The van der Waals surface area contributed by atoms with E-state index in [0.717, 1.165) is 23.0 Å². The lowest BCUT2D eigenvalue weighted by molar-refractivity contribution is -0.116. The number of carbonyl (C=O) groups excluding carboxylic acids is 1. The van der Waals surface area contributed by atoms with Crippen molar-refractivity contribution in [2.45, 2.75) is 11.6 Å². The van der Waals surface area contributed by atoms with Gasteiger partial charge >= 0.3 is 0 Å². The quantitative estimate of drug-likeness (QED) is 0.281. The molecule has 0 fully saturated rings. The summed E-state index contributed by atoms with van der Waals surface area (Å²) in [6, 6.07) is 15.3. The van der Waals surface area contributed by atoms with Crippen molar-refractivity contribution >= 4 is 39.9 Å². The van der Waals surface area contributed by atoms with Crippen molar-refractivity contribution < 1.29 is 9.18 Å². The molecule has 3 heterocycles. The zero-order chi connectivity index (χ0) is 22.8. The first-order valence-corrected chi connectivity index (χ1v) is 11.6. The number of fused-ring (bicyclic) bond motifs is 1. The van der Waals surface area contributed by atoms with Crippen LogP contribution in [0.5, 0.6) is 0 Å². The summed E-state index contributed by atoms with van der Waals surface area (Å²) < 4.78 is 14.7. The zero-order valence-corrected chi connectivity index (χ0v) is 18.6. The van der Waals surface area contributed by atoms with Crippen molar-refractivity contribution in [3.8, 4) is 16.3 Å². The van der Waals surface area contributed by atoms with E-state index in [1.165, 1.54) is 29.7 Å². The summed E-state index contributed by atoms with van der Waals surface area (Å²) in [4.78, 5) is 32.1. The smallest absolute Gasteiger partial charge is 0.262 e. The van der Waals surface area contributed by atoms with Crippen LogP contribution in [-0.2, 0) is 11.2 Å². The Morgan fingerprint density at radius 2 is 1.88 bits per heavy atom. The number of H-pyrrole nitrogens is 1. The number of para-hydroxylation sites is 1. The van der Waals surface area contributed by atoms with Gasteiger partial charge in [0, 0.05) is 5.56 Å². The Morgan fingerprint density at radius 1 is 1.09 bits per heavy atom. The van der Waals surface area contributed by atoms with Crippen LogP contribution in [0.3, 0.4) is 0 Å². The Hall–Kier alpha value is -3.70. The minimum Gasteiger partial charge on any atom is -0.301 e. The second-order valence-corrected chi connectivity index (χ2v) is 9.04. The maximum absolute atomic E-state index is 13.1. The van der Waals surface area contributed by atoms with Gasteiger partial charge in [0.1, 0.15) is 27.0 Å². The molecule has 0 bridgehead atoms. The molecule has 164 valence electrons. The molecule has 11 heteroatoms. The van der Waals surface area contributed by atoms with Crippen molar-refractivity contribution in [1.29, 1.82) is 0 Å². The average molecular weight is 479 g/mol. The number of hydrogen-bond acceptors (Lipinski definition) is 8. The van der Waals surface area contributed by atoms with Gasteiger partial charge in [-0.1, -0.05) is 41.3 Å². The fourth-order valence-corrected chi connectivity index (χ4v) is 4.72. The van der Waals surface area contributed by atoms with Crippen LogP contribution in [0.1, 0.15) is 5.01 Å².